The average molecular weight is 339 g/mol. The highest BCUT2D eigenvalue weighted by Gasteiger charge is 2.28. The summed E-state index contributed by atoms with van der Waals surface area (Å²) in [7, 11) is -4.27. The number of rotatable bonds is 5. The van der Waals surface area contributed by atoms with E-state index in [0.717, 1.165) is 11.0 Å². The summed E-state index contributed by atoms with van der Waals surface area (Å²) in [6, 6.07) is 5.65. The Morgan fingerprint density at radius 1 is 1.26 bits per heavy atom. The van der Waals surface area contributed by atoms with Crippen LogP contribution in [0.3, 0.4) is 0 Å². The molecule has 0 bridgehead atoms. The van der Waals surface area contributed by atoms with E-state index in [0.29, 0.717) is 5.56 Å². The fraction of sp³-hybridized carbons (Fsp3) is 0.375. The molecule has 0 saturated heterocycles. The molecule has 0 fully saturated rings. The fourth-order valence-electron chi connectivity index (χ4n) is 2.04. The van der Waals surface area contributed by atoms with Gasteiger partial charge < -0.3 is 10.8 Å². The van der Waals surface area contributed by atoms with E-state index in [-0.39, 0.29) is 5.41 Å². The first-order valence-corrected chi connectivity index (χ1v) is 8.53. The summed E-state index contributed by atoms with van der Waals surface area (Å²) < 4.78 is 24.0. The summed E-state index contributed by atoms with van der Waals surface area (Å²) in [6.45, 7) is 5.96. The van der Waals surface area contributed by atoms with Gasteiger partial charge >= 0.3 is 5.97 Å². The van der Waals surface area contributed by atoms with Gasteiger partial charge in [0.1, 0.15) is 0 Å². The summed E-state index contributed by atoms with van der Waals surface area (Å²) in [6.07, 6.45) is 0.603. The second kappa shape index (κ2) is 7.06. The number of carboxylic acids is 1. The topological polar surface area (TPSA) is 115 Å². The highest BCUT2D eigenvalue weighted by molar-refractivity contribution is 8.08. The van der Waals surface area contributed by atoms with Gasteiger partial charge in [-0.05, 0) is 22.6 Å². The van der Waals surface area contributed by atoms with Crippen LogP contribution in [0, 0.1) is 0 Å². The van der Waals surface area contributed by atoms with Crippen LogP contribution >= 0.6 is 0 Å². The van der Waals surface area contributed by atoms with Gasteiger partial charge in [0.15, 0.2) is 0 Å². The van der Waals surface area contributed by atoms with Crippen molar-refractivity contribution in [3.63, 3.8) is 0 Å². The summed E-state index contributed by atoms with van der Waals surface area (Å²) in [5.74, 6) is -1.33. The van der Waals surface area contributed by atoms with E-state index in [2.05, 4.69) is 0 Å². The second-order valence-corrected chi connectivity index (χ2v) is 7.97. The van der Waals surface area contributed by atoms with Gasteiger partial charge in [0.05, 0.1) is 12.5 Å². The van der Waals surface area contributed by atoms with Crippen molar-refractivity contribution in [1.82, 2.24) is 0 Å². The van der Waals surface area contributed by atoms with Crippen molar-refractivity contribution in [1.29, 1.82) is 0 Å². The maximum atomic E-state index is 12.0. The minimum Gasteiger partial charge on any atom is -0.481 e. The number of nitrogens with two attached hydrogens (primary N) is 1. The molecule has 1 aromatic rings. The van der Waals surface area contributed by atoms with E-state index in [1.54, 1.807) is 12.1 Å². The minimum absolute atomic E-state index is 0.200. The quantitative estimate of drug-likeness (QED) is 0.844. The Balaban J connectivity index is 3.10. The van der Waals surface area contributed by atoms with Crippen molar-refractivity contribution in [2.75, 3.05) is 0 Å². The molecule has 23 heavy (non-hydrogen) atoms. The monoisotopic (exact) mass is 339 g/mol. The SMILES string of the molecule is CC(C)(C)c1ccccc1C=CS(=O)(=O)C(=O)[C@@H](N)CC(=O)O. The number of carbonyl (C=O) groups is 2. The van der Waals surface area contributed by atoms with Crippen LogP contribution in [-0.2, 0) is 24.8 Å². The molecule has 3 N–H and O–H groups in total. The molecule has 7 heteroatoms. The number of aliphatic carboxylic acids is 1. The number of carbonyl (C=O) groups excluding carboxylic acids is 1. The zero-order valence-corrected chi connectivity index (χ0v) is 14.1. The molecular weight excluding hydrogens is 318 g/mol. The Kier molecular flexibility index (Phi) is 5.85. The molecule has 0 radical (unpaired) electrons. The van der Waals surface area contributed by atoms with Gasteiger partial charge in [-0.25, -0.2) is 8.42 Å². The molecule has 0 aromatic heterocycles. The van der Waals surface area contributed by atoms with Gasteiger partial charge in [0, 0.05) is 5.41 Å². The van der Waals surface area contributed by atoms with E-state index in [4.69, 9.17) is 10.8 Å². The molecule has 0 aliphatic heterocycles. The van der Waals surface area contributed by atoms with E-state index >= 15 is 0 Å². The Hall–Kier alpha value is -1.99. The molecule has 6 nitrogen and oxygen atoms in total. The van der Waals surface area contributed by atoms with Gasteiger partial charge in [-0.2, -0.15) is 0 Å². The molecule has 1 atom stereocenters. The lowest BCUT2D eigenvalue weighted by atomic mass is 9.84. The molecule has 0 heterocycles. The van der Waals surface area contributed by atoms with Crippen molar-refractivity contribution >= 4 is 27.0 Å². The van der Waals surface area contributed by atoms with E-state index in [9.17, 15) is 18.0 Å². The molecule has 1 aromatic carbocycles. The van der Waals surface area contributed by atoms with Crippen LogP contribution in [0.25, 0.3) is 6.08 Å². The Labute approximate surface area is 135 Å². The fourth-order valence-corrected chi connectivity index (χ4v) is 3.00. The standard InChI is InChI=1S/C16H21NO5S/c1-16(2,3)12-7-5-4-6-11(12)8-9-23(21,22)15(20)13(17)10-14(18)19/h4-9,13H,10,17H2,1-3H3,(H,18,19)/t13-/m0/s1. The summed E-state index contributed by atoms with van der Waals surface area (Å²) in [4.78, 5) is 22.3. The first-order chi connectivity index (χ1) is 10.4. The molecule has 1 rings (SSSR count). The minimum atomic E-state index is -4.27. The Bertz CT molecular complexity index is 729. The number of hydrogen-bond donors (Lipinski definition) is 2. The smallest absolute Gasteiger partial charge is 0.305 e. The third-order valence-corrected chi connectivity index (χ3v) is 4.53. The number of benzene rings is 1. The van der Waals surface area contributed by atoms with E-state index in [1.807, 2.05) is 32.9 Å². The van der Waals surface area contributed by atoms with Crippen molar-refractivity contribution in [3.8, 4) is 0 Å². The second-order valence-electron chi connectivity index (χ2n) is 6.21. The predicted molar refractivity (Wildman–Crippen MR) is 88.3 cm³/mol. The van der Waals surface area contributed by atoms with Crippen molar-refractivity contribution in [2.24, 2.45) is 5.73 Å². The molecule has 0 spiro atoms. The molecule has 0 aliphatic rings. The van der Waals surface area contributed by atoms with E-state index in [1.165, 1.54) is 6.08 Å². The van der Waals surface area contributed by atoms with Crippen LogP contribution in [0.15, 0.2) is 29.7 Å². The van der Waals surface area contributed by atoms with Crippen LogP contribution in [-0.4, -0.2) is 30.7 Å². The molecule has 0 unspecified atom stereocenters. The Morgan fingerprint density at radius 3 is 2.35 bits per heavy atom. The maximum Gasteiger partial charge on any atom is 0.305 e. The largest absolute Gasteiger partial charge is 0.481 e. The van der Waals surface area contributed by atoms with E-state index < -0.39 is 33.4 Å². The highest BCUT2D eigenvalue weighted by Crippen LogP contribution is 2.26. The number of sulfone groups is 1. The van der Waals surface area contributed by atoms with Crippen LogP contribution in [0.5, 0.6) is 0 Å². The molecule has 0 saturated carbocycles. The summed E-state index contributed by atoms with van der Waals surface area (Å²) >= 11 is 0. The molecule has 0 amide bonds. The normalized spacial score (nSPS) is 13.9. The predicted octanol–water partition coefficient (Wildman–Crippen LogP) is 1.70. The lowest BCUT2D eigenvalue weighted by molar-refractivity contribution is -0.138. The molecule has 0 aliphatic carbocycles. The number of hydrogen-bond acceptors (Lipinski definition) is 5. The zero-order valence-electron chi connectivity index (χ0n) is 13.3. The van der Waals surface area contributed by atoms with Gasteiger partial charge in [0.2, 0.25) is 9.84 Å². The van der Waals surface area contributed by atoms with Crippen molar-refractivity contribution in [3.05, 3.63) is 40.8 Å². The van der Waals surface area contributed by atoms with Gasteiger partial charge in [-0.1, -0.05) is 45.0 Å². The van der Waals surface area contributed by atoms with Crippen LogP contribution in [0.1, 0.15) is 38.3 Å². The molecular formula is C16H21NO5S. The van der Waals surface area contributed by atoms with Gasteiger partial charge in [-0.15, -0.1) is 0 Å². The van der Waals surface area contributed by atoms with Crippen LogP contribution in [0.4, 0.5) is 0 Å². The lowest BCUT2D eigenvalue weighted by Crippen LogP contribution is -2.36. The summed E-state index contributed by atoms with van der Waals surface area (Å²) in [5.41, 5.74) is 6.72. The third kappa shape index (κ3) is 5.30. The third-order valence-electron chi connectivity index (χ3n) is 3.17. The van der Waals surface area contributed by atoms with Crippen LogP contribution < -0.4 is 5.73 Å². The van der Waals surface area contributed by atoms with Crippen LogP contribution in [0.2, 0.25) is 0 Å². The highest BCUT2D eigenvalue weighted by atomic mass is 32.2. The van der Waals surface area contributed by atoms with Gasteiger partial charge in [-0.3, -0.25) is 9.59 Å². The van der Waals surface area contributed by atoms with Crippen molar-refractivity contribution < 1.29 is 23.1 Å². The number of carboxylic acid groups (broad SMARTS) is 1. The van der Waals surface area contributed by atoms with Crippen molar-refractivity contribution in [2.45, 2.75) is 38.6 Å². The maximum absolute atomic E-state index is 12.0. The first-order valence-electron chi connectivity index (χ1n) is 6.99. The van der Waals surface area contributed by atoms with Gasteiger partial charge in [0.25, 0.3) is 5.12 Å². The molecule has 126 valence electrons. The first kappa shape index (κ1) is 19.1. The summed E-state index contributed by atoms with van der Waals surface area (Å²) in [5, 5.41) is 8.07. The average Bonchev–Trinajstić information content (AvgIpc) is 2.43. The zero-order chi connectivity index (χ0) is 17.8. The lowest BCUT2D eigenvalue weighted by Gasteiger charge is -2.21. The Morgan fingerprint density at radius 2 is 1.83 bits per heavy atom.